The Balaban J connectivity index is 2.05. The molecule has 88 valence electrons. The van der Waals surface area contributed by atoms with Crippen molar-refractivity contribution in [3.63, 3.8) is 0 Å². The van der Waals surface area contributed by atoms with E-state index in [9.17, 15) is 9.50 Å². The third-order valence-corrected chi connectivity index (χ3v) is 2.64. The lowest BCUT2D eigenvalue weighted by Crippen LogP contribution is -1.99. The smallest absolute Gasteiger partial charge is 0.134 e. The second-order valence-electron chi connectivity index (χ2n) is 3.65. The Morgan fingerprint density at radius 2 is 2.00 bits per heavy atom. The summed E-state index contributed by atoms with van der Waals surface area (Å²) in [5.74, 6) is -0.222. The van der Waals surface area contributed by atoms with Crippen molar-refractivity contribution in [2.45, 2.75) is 6.54 Å². The highest BCUT2D eigenvalue weighted by atomic mass is 35.5. The predicted octanol–water partition coefficient (Wildman–Crippen LogP) is 3.80. The molecule has 0 atom stereocenters. The Bertz CT molecular complexity index is 531. The minimum atomic E-state index is -0.279. The van der Waals surface area contributed by atoms with Gasteiger partial charge in [-0.3, -0.25) is 0 Å². The summed E-state index contributed by atoms with van der Waals surface area (Å²) >= 11 is 5.78. The van der Waals surface area contributed by atoms with Gasteiger partial charge in [-0.05, 0) is 35.9 Å². The second-order valence-corrected chi connectivity index (χ2v) is 4.06. The van der Waals surface area contributed by atoms with E-state index in [0.717, 1.165) is 5.56 Å². The molecular formula is C13H11ClFNO. The van der Waals surface area contributed by atoms with Crippen molar-refractivity contribution in [2.75, 3.05) is 5.32 Å². The van der Waals surface area contributed by atoms with Crippen LogP contribution in [-0.2, 0) is 6.54 Å². The topological polar surface area (TPSA) is 32.3 Å². The summed E-state index contributed by atoms with van der Waals surface area (Å²) in [6.07, 6.45) is 0. The van der Waals surface area contributed by atoms with Crippen LogP contribution in [0.2, 0.25) is 5.02 Å². The van der Waals surface area contributed by atoms with Crippen molar-refractivity contribution in [1.29, 1.82) is 0 Å². The zero-order chi connectivity index (χ0) is 12.3. The van der Waals surface area contributed by atoms with E-state index in [4.69, 9.17) is 11.6 Å². The van der Waals surface area contributed by atoms with Gasteiger partial charge in [0.15, 0.2) is 0 Å². The van der Waals surface area contributed by atoms with Gasteiger partial charge in [0.2, 0.25) is 0 Å². The molecule has 0 amide bonds. The highest BCUT2D eigenvalue weighted by molar-refractivity contribution is 6.32. The van der Waals surface area contributed by atoms with E-state index in [2.05, 4.69) is 5.32 Å². The lowest BCUT2D eigenvalue weighted by molar-refractivity contribution is 0.475. The Morgan fingerprint density at radius 1 is 1.18 bits per heavy atom. The summed E-state index contributed by atoms with van der Waals surface area (Å²) in [6, 6.07) is 11.2. The highest BCUT2D eigenvalue weighted by Gasteiger charge is 2.00. The lowest BCUT2D eigenvalue weighted by atomic mass is 10.2. The van der Waals surface area contributed by atoms with Crippen LogP contribution in [0.25, 0.3) is 0 Å². The predicted molar refractivity (Wildman–Crippen MR) is 66.8 cm³/mol. The molecule has 0 aliphatic carbocycles. The van der Waals surface area contributed by atoms with Gasteiger partial charge in [-0.25, -0.2) is 4.39 Å². The number of nitrogens with one attached hydrogen (secondary N) is 1. The number of benzene rings is 2. The van der Waals surface area contributed by atoms with Gasteiger partial charge in [0.05, 0.1) is 5.02 Å². The average molecular weight is 252 g/mol. The fourth-order valence-corrected chi connectivity index (χ4v) is 1.67. The van der Waals surface area contributed by atoms with Gasteiger partial charge >= 0.3 is 0 Å². The Hall–Kier alpha value is -1.74. The minimum absolute atomic E-state index is 0.0566. The van der Waals surface area contributed by atoms with E-state index in [0.29, 0.717) is 17.3 Å². The number of halogens is 2. The van der Waals surface area contributed by atoms with Crippen molar-refractivity contribution in [1.82, 2.24) is 0 Å². The first-order valence-corrected chi connectivity index (χ1v) is 5.50. The average Bonchev–Trinajstić information content (AvgIpc) is 2.31. The van der Waals surface area contributed by atoms with Crippen LogP contribution < -0.4 is 5.32 Å². The van der Waals surface area contributed by atoms with E-state index < -0.39 is 0 Å². The summed E-state index contributed by atoms with van der Waals surface area (Å²) in [7, 11) is 0. The Morgan fingerprint density at radius 3 is 2.71 bits per heavy atom. The number of hydrogen-bond donors (Lipinski definition) is 2. The SMILES string of the molecule is Oc1ccc(CNc2cccc(F)c2)cc1Cl. The molecule has 2 aromatic carbocycles. The third kappa shape index (κ3) is 3.11. The second kappa shape index (κ2) is 5.06. The molecule has 0 spiro atoms. The maximum Gasteiger partial charge on any atom is 0.134 e. The highest BCUT2D eigenvalue weighted by Crippen LogP contribution is 2.24. The van der Waals surface area contributed by atoms with Crippen LogP contribution in [0.1, 0.15) is 5.56 Å². The van der Waals surface area contributed by atoms with Crippen molar-refractivity contribution in [3.05, 3.63) is 58.9 Å². The molecule has 0 heterocycles. The fraction of sp³-hybridized carbons (Fsp3) is 0.0769. The molecule has 0 bridgehead atoms. The monoisotopic (exact) mass is 251 g/mol. The van der Waals surface area contributed by atoms with E-state index in [1.165, 1.54) is 18.2 Å². The molecule has 0 aliphatic rings. The normalized spacial score (nSPS) is 10.2. The van der Waals surface area contributed by atoms with Gasteiger partial charge in [-0.15, -0.1) is 0 Å². The van der Waals surface area contributed by atoms with Gasteiger partial charge in [0.1, 0.15) is 11.6 Å². The lowest BCUT2D eigenvalue weighted by Gasteiger charge is -2.07. The first-order valence-electron chi connectivity index (χ1n) is 5.12. The van der Waals surface area contributed by atoms with Gasteiger partial charge in [0.25, 0.3) is 0 Å². The number of anilines is 1. The van der Waals surface area contributed by atoms with Crippen LogP contribution >= 0.6 is 11.6 Å². The molecule has 0 saturated heterocycles. The molecule has 0 aromatic heterocycles. The summed E-state index contributed by atoms with van der Waals surface area (Å²) in [6.45, 7) is 0.517. The molecule has 2 N–H and O–H groups in total. The molecule has 0 unspecified atom stereocenters. The summed E-state index contributed by atoms with van der Waals surface area (Å²) < 4.78 is 12.9. The van der Waals surface area contributed by atoms with E-state index >= 15 is 0 Å². The quantitative estimate of drug-likeness (QED) is 0.870. The molecule has 0 aliphatic heterocycles. The van der Waals surface area contributed by atoms with E-state index in [-0.39, 0.29) is 11.6 Å². The summed E-state index contributed by atoms with van der Waals surface area (Å²) in [4.78, 5) is 0. The maximum absolute atomic E-state index is 12.9. The van der Waals surface area contributed by atoms with Gasteiger partial charge in [0, 0.05) is 12.2 Å². The minimum Gasteiger partial charge on any atom is -0.506 e. The summed E-state index contributed by atoms with van der Waals surface area (Å²) in [5, 5.41) is 12.6. The van der Waals surface area contributed by atoms with Gasteiger partial charge < -0.3 is 10.4 Å². The molecule has 0 saturated carbocycles. The molecule has 2 rings (SSSR count). The standard InChI is InChI=1S/C13H11ClFNO/c14-12-6-9(4-5-13(12)17)8-16-11-3-1-2-10(15)7-11/h1-7,16-17H,8H2. The molecule has 2 nitrogen and oxygen atoms in total. The fourth-order valence-electron chi connectivity index (χ4n) is 1.46. The molecule has 0 radical (unpaired) electrons. The number of phenols is 1. The van der Waals surface area contributed by atoms with Crippen molar-refractivity contribution in [2.24, 2.45) is 0 Å². The van der Waals surface area contributed by atoms with Crippen molar-refractivity contribution >= 4 is 17.3 Å². The van der Waals surface area contributed by atoms with Crippen LogP contribution in [0.15, 0.2) is 42.5 Å². The maximum atomic E-state index is 12.9. The van der Waals surface area contributed by atoms with Crippen molar-refractivity contribution < 1.29 is 9.50 Å². The molecule has 0 fully saturated rings. The van der Waals surface area contributed by atoms with Crippen molar-refractivity contribution in [3.8, 4) is 5.75 Å². The number of phenolic OH excluding ortho intramolecular Hbond substituents is 1. The number of aromatic hydroxyl groups is 1. The Kier molecular flexibility index (Phi) is 3.49. The van der Waals surface area contributed by atoms with Crippen LogP contribution in [0.3, 0.4) is 0 Å². The summed E-state index contributed by atoms with van der Waals surface area (Å²) in [5.41, 5.74) is 1.62. The first-order chi connectivity index (χ1) is 8.15. The first kappa shape index (κ1) is 11.7. The molecule has 17 heavy (non-hydrogen) atoms. The zero-order valence-corrected chi connectivity index (χ0v) is 9.71. The number of hydrogen-bond acceptors (Lipinski definition) is 2. The molecular weight excluding hydrogens is 241 g/mol. The van der Waals surface area contributed by atoms with Crippen LogP contribution in [0, 0.1) is 5.82 Å². The molecule has 4 heteroatoms. The van der Waals surface area contributed by atoms with Gasteiger partial charge in [-0.2, -0.15) is 0 Å². The van der Waals surface area contributed by atoms with Crippen LogP contribution in [-0.4, -0.2) is 5.11 Å². The zero-order valence-electron chi connectivity index (χ0n) is 8.95. The molecule has 2 aromatic rings. The van der Waals surface area contributed by atoms with Crippen LogP contribution in [0.4, 0.5) is 10.1 Å². The number of rotatable bonds is 3. The van der Waals surface area contributed by atoms with E-state index in [1.54, 1.807) is 24.3 Å². The largest absolute Gasteiger partial charge is 0.506 e. The van der Waals surface area contributed by atoms with Gasteiger partial charge in [-0.1, -0.05) is 23.7 Å². The third-order valence-electron chi connectivity index (χ3n) is 2.33. The Labute approximate surface area is 104 Å². The van der Waals surface area contributed by atoms with E-state index in [1.807, 2.05) is 0 Å². The van der Waals surface area contributed by atoms with Crippen LogP contribution in [0.5, 0.6) is 5.75 Å².